The second-order valence-electron chi connectivity index (χ2n) is 11.7. The van der Waals surface area contributed by atoms with E-state index in [1.165, 1.54) is 27.8 Å². The van der Waals surface area contributed by atoms with Crippen molar-refractivity contribution in [3.8, 4) is 11.8 Å². The maximum Gasteiger partial charge on any atom is 0.156 e. The van der Waals surface area contributed by atoms with Crippen LogP contribution in [-0.4, -0.2) is 16.5 Å². The van der Waals surface area contributed by atoms with Crippen molar-refractivity contribution in [2.45, 2.75) is 76.7 Å². The maximum absolute atomic E-state index is 12.3. The summed E-state index contributed by atoms with van der Waals surface area (Å²) in [5.74, 6) is 7.77. The zero-order valence-corrected chi connectivity index (χ0v) is 21.5. The number of fused-ring (bicyclic) bond motifs is 4. The molecule has 6 rings (SSSR count). The Balaban J connectivity index is 1.43. The molecule has 0 saturated heterocycles. The van der Waals surface area contributed by atoms with E-state index in [0.29, 0.717) is 18.3 Å². The Labute approximate surface area is 215 Å². The van der Waals surface area contributed by atoms with Crippen molar-refractivity contribution in [2.75, 3.05) is 0 Å². The Hall–Kier alpha value is -2.89. The van der Waals surface area contributed by atoms with Crippen LogP contribution < -0.4 is 0 Å². The average Bonchev–Trinajstić information content (AvgIpc) is 3.14. The molecule has 2 heteroatoms. The first-order valence-corrected chi connectivity index (χ1v) is 13.7. The number of hydrogen-bond acceptors (Lipinski definition) is 2. The molecule has 4 aliphatic rings. The Bertz CT molecular complexity index is 1300. The summed E-state index contributed by atoms with van der Waals surface area (Å²) < 4.78 is 0. The lowest BCUT2D eigenvalue weighted by molar-refractivity contribution is -0.114. The van der Waals surface area contributed by atoms with Crippen LogP contribution >= 0.6 is 0 Å². The first-order chi connectivity index (χ1) is 17.4. The minimum atomic E-state index is -0.924. The number of carbonyl (C=O) groups excluding carboxylic acids is 1. The van der Waals surface area contributed by atoms with Gasteiger partial charge in [-0.05, 0) is 97.6 Å². The normalized spacial score (nSPS) is 33.1. The Morgan fingerprint density at radius 2 is 1.72 bits per heavy atom. The van der Waals surface area contributed by atoms with Crippen LogP contribution in [0, 0.1) is 29.1 Å². The molecule has 2 saturated carbocycles. The van der Waals surface area contributed by atoms with Gasteiger partial charge in [0.2, 0.25) is 0 Å². The quantitative estimate of drug-likeness (QED) is 0.488. The van der Waals surface area contributed by atoms with Gasteiger partial charge in [0.25, 0.3) is 0 Å². The lowest BCUT2D eigenvalue weighted by Crippen LogP contribution is -2.51. The van der Waals surface area contributed by atoms with Crippen molar-refractivity contribution in [1.29, 1.82) is 0 Å². The predicted octanol–water partition coefficient (Wildman–Crippen LogP) is 6.93. The van der Waals surface area contributed by atoms with Crippen LogP contribution in [0.1, 0.15) is 81.4 Å². The summed E-state index contributed by atoms with van der Waals surface area (Å²) in [6.07, 6.45) is 9.15. The summed E-state index contributed by atoms with van der Waals surface area (Å²) in [5.41, 5.74) is 7.16. The minimum Gasteiger partial charge on any atom is -0.377 e. The number of rotatable bonds is 3. The molecule has 5 atom stereocenters. The summed E-state index contributed by atoms with van der Waals surface area (Å²) in [5, 5.41) is 11.8. The average molecular weight is 477 g/mol. The molecule has 0 spiro atoms. The molecule has 0 heterocycles. The number of allylic oxidation sites excluding steroid dienone is 4. The summed E-state index contributed by atoms with van der Waals surface area (Å²) in [7, 11) is 0. The largest absolute Gasteiger partial charge is 0.377 e. The molecular formula is C34H36O2. The van der Waals surface area contributed by atoms with Gasteiger partial charge in [-0.25, -0.2) is 0 Å². The molecule has 0 aromatic heterocycles. The van der Waals surface area contributed by atoms with Crippen LogP contribution in [0.2, 0.25) is 0 Å². The summed E-state index contributed by atoms with van der Waals surface area (Å²) >= 11 is 0. The summed E-state index contributed by atoms with van der Waals surface area (Å²) in [6.45, 7) is 4.16. The lowest BCUT2D eigenvalue weighted by atomic mass is 9.51. The van der Waals surface area contributed by atoms with E-state index in [4.69, 9.17) is 0 Å². The van der Waals surface area contributed by atoms with Crippen molar-refractivity contribution >= 4 is 5.78 Å². The molecule has 0 radical (unpaired) electrons. The van der Waals surface area contributed by atoms with Crippen LogP contribution in [0.4, 0.5) is 0 Å². The van der Waals surface area contributed by atoms with Crippen LogP contribution in [0.5, 0.6) is 0 Å². The molecule has 0 bridgehead atoms. The molecule has 1 N–H and O–H groups in total. The molecule has 2 aromatic carbocycles. The Morgan fingerprint density at radius 3 is 2.47 bits per heavy atom. The second-order valence-corrected chi connectivity index (χ2v) is 11.7. The molecule has 2 fully saturated rings. The molecule has 2 nitrogen and oxygen atoms in total. The third-order valence-corrected chi connectivity index (χ3v) is 9.85. The van der Waals surface area contributed by atoms with Gasteiger partial charge < -0.3 is 5.11 Å². The summed E-state index contributed by atoms with van der Waals surface area (Å²) in [4.78, 5) is 12.3. The lowest BCUT2D eigenvalue weighted by Gasteiger charge is -2.53. The zero-order valence-electron chi connectivity index (χ0n) is 21.5. The van der Waals surface area contributed by atoms with Gasteiger partial charge in [-0.3, -0.25) is 4.79 Å². The van der Waals surface area contributed by atoms with E-state index >= 15 is 0 Å². The van der Waals surface area contributed by atoms with Gasteiger partial charge >= 0.3 is 0 Å². The smallest absolute Gasteiger partial charge is 0.156 e. The molecule has 184 valence electrons. The highest BCUT2D eigenvalue weighted by Crippen LogP contribution is 2.66. The van der Waals surface area contributed by atoms with Crippen LogP contribution in [0.3, 0.4) is 0 Å². The highest BCUT2D eigenvalue weighted by molar-refractivity contribution is 5.93. The fourth-order valence-electron chi connectivity index (χ4n) is 8.08. The molecule has 36 heavy (non-hydrogen) atoms. The zero-order chi connectivity index (χ0) is 24.9. The SMILES string of the molecule is CC#CC1(O)CCC2C3CCC4=CC(=O)CCC4=C3C(c3ccc(Cc4ccccc4)cc3)CC21C. The van der Waals surface area contributed by atoms with Crippen molar-refractivity contribution in [1.82, 2.24) is 0 Å². The molecule has 0 aliphatic heterocycles. The van der Waals surface area contributed by atoms with E-state index in [2.05, 4.69) is 73.4 Å². The molecular weight excluding hydrogens is 440 g/mol. The van der Waals surface area contributed by atoms with E-state index in [9.17, 15) is 9.90 Å². The van der Waals surface area contributed by atoms with Crippen molar-refractivity contribution in [3.05, 3.63) is 94.1 Å². The second kappa shape index (κ2) is 8.89. The van der Waals surface area contributed by atoms with E-state index < -0.39 is 5.60 Å². The Morgan fingerprint density at radius 1 is 0.972 bits per heavy atom. The van der Waals surface area contributed by atoms with Crippen LogP contribution in [0.25, 0.3) is 0 Å². The van der Waals surface area contributed by atoms with Crippen LogP contribution in [-0.2, 0) is 11.2 Å². The van der Waals surface area contributed by atoms with Crippen molar-refractivity contribution < 1.29 is 9.90 Å². The first kappa shape index (κ1) is 23.5. The Kier molecular flexibility index (Phi) is 5.81. The maximum atomic E-state index is 12.3. The third kappa shape index (κ3) is 3.72. The van der Waals surface area contributed by atoms with Gasteiger partial charge in [0.05, 0.1) is 0 Å². The first-order valence-electron chi connectivity index (χ1n) is 13.7. The van der Waals surface area contributed by atoms with Gasteiger partial charge in [-0.2, -0.15) is 0 Å². The van der Waals surface area contributed by atoms with E-state index in [-0.39, 0.29) is 17.1 Å². The molecule has 4 aliphatic carbocycles. The van der Waals surface area contributed by atoms with Gasteiger partial charge in [0.15, 0.2) is 5.78 Å². The number of aliphatic hydroxyl groups is 1. The predicted molar refractivity (Wildman–Crippen MR) is 144 cm³/mol. The topological polar surface area (TPSA) is 37.3 Å². The van der Waals surface area contributed by atoms with Gasteiger partial charge in [-0.15, -0.1) is 5.92 Å². The van der Waals surface area contributed by atoms with Gasteiger partial charge in [0.1, 0.15) is 5.60 Å². The number of carbonyl (C=O) groups is 1. The molecule has 0 amide bonds. The van der Waals surface area contributed by atoms with Gasteiger partial charge in [0, 0.05) is 17.8 Å². The number of ketones is 1. The summed E-state index contributed by atoms with van der Waals surface area (Å²) in [6, 6.07) is 19.8. The number of benzene rings is 2. The third-order valence-electron chi connectivity index (χ3n) is 9.85. The van der Waals surface area contributed by atoms with E-state index in [0.717, 1.165) is 44.9 Å². The highest BCUT2D eigenvalue weighted by atomic mass is 16.3. The standard InChI is InChI=1S/C34H36O2/c1-3-18-34(36)19-17-31-29-15-13-26-21-27(35)14-16-28(26)32(29)30(22-33(31,34)2)25-11-9-24(10-12-25)20-23-7-5-4-6-8-23/h4-12,21,29-31,36H,13-17,19-20,22H2,1-2H3. The fourth-order valence-corrected chi connectivity index (χ4v) is 8.08. The highest BCUT2D eigenvalue weighted by Gasteiger charge is 2.62. The van der Waals surface area contributed by atoms with Crippen LogP contribution in [0.15, 0.2) is 77.4 Å². The van der Waals surface area contributed by atoms with Crippen molar-refractivity contribution in [2.24, 2.45) is 17.3 Å². The monoisotopic (exact) mass is 476 g/mol. The van der Waals surface area contributed by atoms with Gasteiger partial charge in [-0.1, -0.05) is 73.0 Å². The number of hydrogen-bond donors (Lipinski definition) is 1. The van der Waals surface area contributed by atoms with Crippen molar-refractivity contribution in [3.63, 3.8) is 0 Å². The fraction of sp³-hybridized carbons (Fsp3) is 0.441. The minimum absolute atomic E-state index is 0.232. The van der Waals surface area contributed by atoms with E-state index in [1.807, 2.05) is 13.0 Å². The molecule has 2 aromatic rings. The van der Waals surface area contributed by atoms with E-state index in [1.54, 1.807) is 5.57 Å². The molecule has 5 unspecified atom stereocenters.